The summed E-state index contributed by atoms with van der Waals surface area (Å²) in [6.45, 7) is 4.82. The second-order valence-corrected chi connectivity index (χ2v) is 5.16. The predicted octanol–water partition coefficient (Wildman–Crippen LogP) is 4.92. The van der Waals surface area contributed by atoms with E-state index in [0.29, 0.717) is 6.61 Å². The third-order valence-electron chi connectivity index (χ3n) is 3.44. The average molecular weight is 250 g/mol. The minimum atomic E-state index is 0.248. The molecule has 3 aromatic carbocycles. The Morgan fingerprint density at radius 1 is 0.842 bits per heavy atom. The van der Waals surface area contributed by atoms with Crippen molar-refractivity contribution in [3.8, 4) is 0 Å². The molecule has 0 bridgehead atoms. The van der Waals surface area contributed by atoms with Crippen LogP contribution in [0.25, 0.3) is 21.5 Å². The highest BCUT2D eigenvalue weighted by Gasteiger charge is 2.07. The number of rotatable bonds is 3. The molecule has 0 spiro atoms. The van der Waals surface area contributed by atoms with E-state index in [0.717, 1.165) is 0 Å². The quantitative estimate of drug-likeness (QED) is 0.600. The second kappa shape index (κ2) is 5.02. The molecule has 1 heteroatoms. The van der Waals surface area contributed by atoms with E-state index in [2.05, 4.69) is 68.4 Å². The van der Waals surface area contributed by atoms with Gasteiger partial charge >= 0.3 is 0 Å². The van der Waals surface area contributed by atoms with Crippen molar-refractivity contribution in [1.82, 2.24) is 0 Å². The van der Waals surface area contributed by atoms with Gasteiger partial charge in [-0.15, -0.1) is 0 Å². The van der Waals surface area contributed by atoms with Crippen LogP contribution in [0.4, 0.5) is 0 Å². The first-order valence-corrected chi connectivity index (χ1v) is 6.76. The minimum absolute atomic E-state index is 0.248. The lowest BCUT2D eigenvalue weighted by Crippen LogP contribution is -2.03. The van der Waals surface area contributed by atoms with Gasteiger partial charge in [0.25, 0.3) is 0 Å². The largest absolute Gasteiger partial charge is 0.374 e. The SMILES string of the molecule is CC(C)OCc1c2ccccc2cc2ccccc12. The van der Waals surface area contributed by atoms with Crippen LogP contribution in [0.1, 0.15) is 19.4 Å². The molecule has 0 fully saturated rings. The number of fused-ring (bicyclic) bond motifs is 2. The van der Waals surface area contributed by atoms with Crippen LogP contribution >= 0.6 is 0 Å². The van der Waals surface area contributed by atoms with E-state index in [-0.39, 0.29) is 6.10 Å². The fourth-order valence-electron chi connectivity index (χ4n) is 2.51. The van der Waals surface area contributed by atoms with E-state index in [1.165, 1.54) is 27.1 Å². The van der Waals surface area contributed by atoms with Crippen molar-refractivity contribution in [3.63, 3.8) is 0 Å². The van der Waals surface area contributed by atoms with Gasteiger partial charge in [0.2, 0.25) is 0 Å². The van der Waals surface area contributed by atoms with Gasteiger partial charge in [0, 0.05) is 0 Å². The number of benzene rings is 3. The van der Waals surface area contributed by atoms with Gasteiger partial charge in [-0.3, -0.25) is 0 Å². The fourth-order valence-corrected chi connectivity index (χ4v) is 2.51. The van der Waals surface area contributed by atoms with Gasteiger partial charge in [0.1, 0.15) is 0 Å². The summed E-state index contributed by atoms with van der Waals surface area (Å²) >= 11 is 0. The van der Waals surface area contributed by atoms with E-state index < -0.39 is 0 Å². The molecule has 0 aliphatic rings. The van der Waals surface area contributed by atoms with E-state index in [1.807, 2.05) is 0 Å². The summed E-state index contributed by atoms with van der Waals surface area (Å²) in [5.74, 6) is 0. The van der Waals surface area contributed by atoms with Gasteiger partial charge in [-0.1, -0.05) is 48.5 Å². The highest BCUT2D eigenvalue weighted by molar-refractivity contribution is 6.02. The summed E-state index contributed by atoms with van der Waals surface area (Å²) < 4.78 is 5.84. The van der Waals surface area contributed by atoms with E-state index in [4.69, 9.17) is 4.74 Å². The average Bonchev–Trinajstić information content (AvgIpc) is 2.43. The molecule has 0 saturated carbocycles. The number of hydrogen-bond donors (Lipinski definition) is 0. The van der Waals surface area contributed by atoms with Gasteiger partial charge in [-0.05, 0) is 47.0 Å². The fraction of sp³-hybridized carbons (Fsp3) is 0.222. The lowest BCUT2D eigenvalue weighted by molar-refractivity contribution is 0.0671. The standard InChI is InChI=1S/C18H18O/c1-13(2)19-12-18-16-9-5-3-7-14(16)11-15-8-4-6-10-17(15)18/h3-11,13H,12H2,1-2H3. The summed E-state index contributed by atoms with van der Waals surface area (Å²) in [7, 11) is 0. The number of ether oxygens (including phenoxy) is 1. The van der Waals surface area contributed by atoms with Gasteiger partial charge in [0.15, 0.2) is 0 Å². The van der Waals surface area contributed by atoms with Crippen molar-refractivity contribution in [2.75, 3.05) is 0 Å². The second-order valence-electron chi connectivity index (χ2n) is 5.16. The normalized spacial score (nSPS) is 11.5. The summed E-state index contributed by atoms with van der Waals surface area (Å²) in [5.41, 5.74) is 1.29. The molecule has 96 valence electrons. The molecule has 0 aliphatic carbocycles. The Hall–Kier alpha value is -1.86. The third kappa shape index (κ3) is 2.34. The van der Waals surface area contributed by atoms with Crippen LogP contribution in [-0.4, -0.2) is 6.10 Å². The molecule has 0 saturated heterocycles. The summed E-state index contributed by atoms with van der Waals surface area (Å²) in [4.78, 5) is 0. The van der Waals surface area contributed by atoms with Crippen LogP contribution in [0.3, 0.4) is 0 Å². The smallest absolute Gasteiger partial charge is 0.0732 e. The van der Waals surface area contributed by atoms with E-state index in [1.54, 1.807) is 0 Å². The zero-order valence-electron chi connectivity index (χ0n) is 11.4. The molecule has 0 N–H and O–H groups in total. The van der Waals surface area contributed by atoms with Gasteiger partial charge in [-0.2, -0.15) is 0 Å². The van der Waals surface area contributed by atoms with Crippen molar-refractivity contribution in [2.45, 2.75) is 26.6 Å². The third-order valence-corrected chi connectivity index (χ3v) is 3.44. The lowest BCUT2D eigenvalue weighted by Gasteiger charge is -2.13. The molecule has 0 radical (unpaired) electrons. The van der Waals surface area contributed by atoms with Crippen molar-refractivity contribution in [2.24, 2.45) is 0 Å². The maximum atomic E-state index is 5.84. The van der Waals surface area contributed by atoms with Crippen LogP contribution in [0.5, 0.6) is 0 Å². The molecule has 3 aromatic rings. The Morgan fingerprint density at radius 2 is 1.37 bits per heavy atom. The highest BCUT2D eigenvalue weighted by Crippen LogP contribution is 2.29. The van der Waals surface area contributed by atoms with Crippen LogP contribution in [0.15, 0.2) is 54.6 Å². The topological polar surface area (TPSA) is 9.23 Å². The molecule has 19 heavy (non-hydrogen) atoms. The zero-order chi connectivity index (χ0) is 13.2. The molecular weight excluding hydrogens is 232 g/mol. The molecular formula is C18H18O. The Balaban J connectivity index is 2.26. The zero-order valence-corrected chi connectivity index (χ0v) is 11.4. The summed E-state index contributed by atoms with van der Waals surface area (Å²) in [6, 6.07) is 19.3. The monoisotopic (exact) mass is 250 g/mol. The van der Waals surface area contributed by atoms with Gasteiger partial charge in [0.05, 0.1) is 12.7 Å². The maximum absolute atomic E-state index is 5.84. The molecule has 0 aromatic heterocycles. The first kappa shape index (κ1) is 12.2. The van der Waals surface area contributed by atoms with Crippen molar-refractivity contribution in [1.29, 1.82) is 0 Å². The Labute approximate surface area is 113 Å². The van der Waals surface area contributed by atoms with Crippen molar-refractivity contribution < 1.29 is 4.74 Å². The molecule has 0 atom stereocenters. The van der Waals surface area contributed by atoms with Crippen LogP contribution in [0, 0.1) is 0 Å². The minimum Gasteiger partial charge on any atom is -0.374 e. The first-order chi connectivity index (χ1) is 9.25. The molecule has 0 heterocycles. The Kier molecular flexibility index (Phi) is 3.22. The summed E-state index contributed by atoms with van der Waals surface area (Å²) in [5, 5.41) is 5.15. The van der Waals surface area contributed by atoms with Crippen molar-refractivity contribution >= 4 is 21.5 Å². The van der Waals surface area contributed by atoms with Crippen LogP contribution in [0.2, 0.25) is 0 Å². The van der Waals surface area contributed by atoms with Crippen LogP contribution < -0.4 is 0 Å². The summed E-state index contributed by atoms with van der Waals surface area (Å²) in [6.07, 6.45) is 0.248. The Morgan fingerprint density at radius 3 is 1.89 bits per heavy atom. The molecule has 0 aliphatic heterocycles. The van der Waals surface area contributed by atoms with Gasteiger partial charge < -0.3 is 4.74 Å². The maximum Gasteiger partial charge on any atom is 0.0732 e. The first-order valence-electron chi connectivity index (χ1n) is 6.76. The lowest BCUT2D eigenvalue weighted by atomic mass is 9.97. The van der Waals surface area contributed by atoms with Crippen molar-refractivity contribution in [3.05, 3.63) is 60.2 Å². The Bertz CT molecular complexity index is 659. The van der Waals surface area contributed by atoms with E-state index in [9.17, 15) is 0 Å². The molecule has 3 rings (SSSR count). The van der Waals surface area contributed by atoms with Crippen LogP contribution in [-0.2, 0) is 11.3 Å². The van der Waals surface area contributed by atoms with E-state index >= 15 is 0 Å². The molecule has 0 unspecified atom stereocenters. The molecule has 1 nitrogen and oxygen atoms in total. The molecule has 0 amide bonds. The number of hydrogen-bond acceptors (Lipinski definition) is 1. The van der Waals surface area contributed by atoms with Gasteiger partial charge in [-0.25, -0.2) is 0 Å². The highest BCUT2D eigenvalue weighted by atomic mass is 16.5. The predicted molar refractivity (Wildman–Crippen MR) is 81.4 cm³/mol.